The van der Waals surface area contributed by atoms with E-state index < -0.39 is 12.6 Å². The minimum absolute atomic E-state index is 0.254. The number of anilines is 1. The van der Waals surface area contributed by atoms with Crippen molar-refractivity contribution in [3.8, 4) is 0 Å². The number of aliphatic carboxylic acids is 1. The van der Waals surface area contributed by atoms with Gasteiger partial charge in [-0.2, -0.15) is 0 Å². The first-order valence-electron chi connectivity index (χ1n) is 3.25. The Morgan fingerprint density at radius 2 is 2.38 bits per heavy atom. The molecule has 6 nitrogen and oxygen atoms in total. The maximum Gasteiger partial charge on any atom is 0.332 e. The summed E-state index contributed by atoms with van der Waals surface area (Å²) in [4.78, 5) is 22.0. The number of nitrogens with one attached hydrogen (secondary N) is 1. The summed E-state index contributed by atoms with van der Waals surface area (Å²) < 4.78 is 0. The third kappa shape index (κ3) is 3.68. The van der Waals surface area contributed by atoms with Crippen LogP contribution in [-0.2, 0) is 9.63 Å². The van der Waals surface area contributed by atoms with E-state index in [1.165, 1.54) is 12.4 Å². The lowest BCUT2D eigenvalue weighted by atomic mass is 10.7. The van der Waals surface area contributed by atoms with Crippen LogP contribution in [0.25, 0.3) is 0 Å². The number of hydrogen-bond donors (Lipinski definition) is 2. The molecule has 0 aliphatic rings. The second-order valence-corrected chi connectivity index (χ2v) is 2.40. The Kier molecular flexibility index (Phi) is 3.41. The molecule has 0 unspecified atom stereocenters. The van der Waals surface area contributed by atoms with E-state index in [0.29, 0.717) is 5.82 Å². The molecule has 0 bridgehead atoms. The van der Waals surface area contributed by atoms with Crippen molar-refractivity contribution in [3.63, 3.8) is 0 Å². The van der Waals surface area contributed by atoms with Crippen LogP contribution >= 0.6 is 11.6 Å². The molecule has 0 aromatic carbocycles. The van der Waals surface area contributed by atoms with Gasteiger partial charge in [-0.05, 0) is 0 Å². The predicted molar refractivity (Wildman–Crippen MR) is 44.3 cm³/mol. The number of carboxylic acids is 1. The van der Waals surface area contributed by atoms with E-state index in [1.807, 2.05) is 0 Å². The lowest BCUT2D eigenvalue weighted by molar-refractivity contribution is -0.141. The van der Waals surface area contributed by atoms with Crippen molar-refractivity contribution < 1.29 is 14.7 Å². The lowest BCUT2D eigenvalue weighted by Gasteiger charge is -2.02. The molecule has 0 amide bonds. The van der Waals surface area contributed by atoms with Gasteiger partial charge in [-0.3, -0.25) is 4.84 Å². The normalized spacial score (nSPS) is 9.62. The summed E-state index contributed by atoms with van der Waals surface area (Å²) in [6.45, 7) is -0.454. The fourth-order valence-corrected chi connectivity index (χ4v) is 0.634. The maximum absolute atomic E-state index is 10.0. The van der Waals surface area contributed by atoms with Crippen LogP contribution in [0.2, 0.25) is 5.15 Å². The number of nitrogens with zero attached hydrogens (tertiary/aromatic N) is 2. The average molecular weight is 204 g/mol. The Hall–Kier alpha value is -1.40. The maximum atomic E-state index is 10.0. The van der Waals surface area contributed by atoms with Gasteiger partial charge in [0.15, 0.2) is 12.4 Å². The summed E-state index contributed by atoms with van der Waals surface area (Å²) >= 11 is 5.46. The van der Waals surface area contributed by atoms with Crippen LogP contribution in [0.4, 0.5) is 5.82 Å². The molecule has 0 aliphatic heterocycles. The number of aromatic nitrogens is 2. The highest BCUT2D eigenvalue weighted by Crippen LogP contribution is 2.04. The number of rotatable bonds is 4. The van der Waals surface area contributed by atoms with Gasteiger partial charge in [0.25, 0.3) is 0 Å². The smallest absolute Gasteiger partial charge is 0.332 e. The quantitative estimate of drug-likeness (QED) is 0.696. The molecule has 7 heteroatoms. The Balaban J connectivity index is 2.37. The standard InChI is InChI=1S/C6H6ClN3O3/c7-4-1-9-5(2-8-4)10-13-3-6(11)12/h1-2H,3H2,(H,9,10)(H,11,12). The van der Waals surface area contributed by atoms with E-state index in [0.717, 1.165) is 0 Å². The van der Waals surface area contributed by atoms with Crippen LogP contribution in [-0.4, -0.2) is 27.7 Å². The topological polar surface area (TPSA) is 84.3 Å². The van der Waals surface area contributed by atoms with Gasteiger partial charge in [0.2, 0.25) is 0 Å². The van der Waals surface area contributed by atoms with Gasteiger partial charge in [0, 0.05) is 0 Å². The van der Waals surface area contributed by atoms with Crippen LogP contribution < -0.4 is 5.48 Å². The molecule has 1 aromatic heterocycles. The monoisotopic (exact) mass is 203 g/mol. The summed E-state index contributed by atoms with van der Waals surface area (Å²) in [5, 5.41) is 8.47. The fraction of sp³-hybridized carbons (Fsp3) is 0.167. The van der Waals surface area contributed by atoms with E-state index >= 15 is 0 Å². The molecule has 1 aromatic rings. The van der Waals surface area contributed by atoms with Crippen LogP contribution in [0.15, 0.2) is 12.4 Å². The second-order valence-electron chi connectivity index (χ2n) is 2.01. The van der Waals surface area contributed by atoms with Crippen molar-refractivity contribution in [2.75, 3.05) is 12.1 Å². The summed E-state index contributed by atoms with van der Waals surface area (Å²) in [6, 6.07) is 0. The minimum Gasteiger partial charge on any atom is -0.479 e. The summed E-state index contributed by atoms with van der Waals surface area (Å²) in [5.41, 5.74) is 2.29. The minimum atomic E-state index is -1.07. The van der Waals surface area contributed by atoms with Gasteiger partial charge in [-0.15, -0.1) is 0 Å². The van der Waals surface area contributed by atoms with E-state index in [4.69, 9.17) is 16.7 Å². The first-order valence-corrected chi connectivity index (χ1v) is 3.63. The van der Waals surface area contributed by atoms with Crippen molar-refractivity contribution in [2.24, 2.45) is 0 Å². The zero-order valence-corrected chi connectivity index (χ0v) is 7.15. The van der Waals surface area contributed by atoms with E-state index in [2.05, 4.69) is 20.3 Å². The van der Waals surface area contributed by atoms with E-state index in [1.54, 1.807) is 0 Å². The Morgan fingerprint density at radius 3 is 2.92 bits per heavy atom. The average Bonchev–Trinajstić information content (AvgIpc) is 2.08. The predicted octanol–water partition coefficient (Wildman–Crippen LogP) is 0.558. The molecule has 13 heavy (non-hydrogen) atoms. The molecule has 0 aliphatic carbocycles. The van der Waals surface area contributed by atoms with Crippen LogP contribution in [0, 0.1) is 0 Å². The lowest BCUT2D eigenvalue weighted by Crippen LogP contribution is -2.11. The molecule has 2 N–H and O–H groups in total. The highest BCUT2D eigenvalue weighted by molar-refractivity contribution is 6.29. The Labute approximate surface area is 78.5 Å². The number of hydrogen-bond acceptors (Lipinski definition) is 5. The van der Waals surface area contributed by atoms with Crippen molar-refractivity contribution in [3.05, 3.63) is 17.5 Å². The van der Waals surface area contributed by atoms with Gasteiger partial charge >= 0.3 is 5.97 Å². The molecule has 0 spiro atoms. The third-order valence-corrected chi connectivity index (χ3v) is 1.19. The molecular formula is C6H6ClN3O3. The molecule has 0 radical (unpaired) electrons. The first kappa shape index (κ1) is 9.69. The van der Waals surface area contributed by atoms with Gasteiger partial charge < -0.3 is 5.11 Å². The molecule has 0 atom stereocenters. The first-order chi connectivity index (χ1) is 6.18. The summed E-state index contributed by atoms with van der Waals surface area (Å²) in [5.74, 6) is -0.778. The molecule has 0 saturated heterocycles. The van der Waals surface area contributed by atoms with Crippen LogP contribution in [0.1, 0.15) is 0 Å². The van der Waals surface area contributed by atoms with Crippen molar-refractivity contribution in [1.29, 1.82) is 0 Å². The van der Waals surface area contributed by atoms with Crippen molar-refractivity contribution >= 4 is 23.4 Å². The molecule has 1 rings (SSSR count). The molecule has 70 valence electrons. The van der Waals surface area contributed by atoms with E-state index in [-0.39, 0.29) is 5.15 Å². The molecule has 0 fully saturated rings. The zero-order valence-electron chi connectivity index (χ0n) is 6.40. The Morgan fingerprint density at radius 1 is 1.62 bits per heavy atom. The highest BCUT2D eigenvalue weighted by atomic mass is 35.5. The van der Waals surface area contributed by atoms with Gasteiger partial charge in [-0.25, -0.2) is 20.2 Å². The molecule has 0 saturated carbocycles. The van der Waals surface area contributed by atoms with Gasteiger partial charge in [0.05, 0.1) is 12.4 Å². The molecular weight excluding hydrogens is 198 g/mol. The SMILES string of the molecule is O=C(O)CONc1cnc(Cl)cn1. The highest BCUT2D eigenvalue weighted by Gasteiger charge is 1.97. The van der Waals surface area contributed by atoms with Crippen molar-refractivity contribution in [2.45, 2.75) is 0 Å². The Bertz CT molecular complexity index is 290. The molecule has 1 heterocycles. The second kappa shape index (κ2) is 4.58. The number of carboxylic acid groups (broad SMARTS) is 1. The summed E-state index contributed by atoms with van der Waals surface area (Å²) in [7, 11) is 0. The van der Waals surface area contributed by atoms with Crippen molar-refractivity contribution in [1.82, 2.24) is 9.97 Å². The van der Waals surface area contributed by atoms with Crippen LogP contribution in [0.3, 0.4) is 0 Å². The number of halogens is 1. The van der Waals surface area contributed by atoms with E-state index in [9.17, 15) is 4.79 Å². The van der Waals surface area contributed by atoms with Gasteiger partial charge in [0.1, 0.15) is 5.15 Å². The van der Waals surface area contributed by atoms with Gasteiger partial charge in [-0.1, -0.05) is 11.6 Å². The largest absolute Gasteiger partial charge is 0.479 e. The number of carbonyl (C=O) groups is 1. The fourth-order valence-electron chi connectivity index (χ4n) is 0.537. The zero-order chi connectivity index (χ0) is 9.68. The third-order valence-electron chi connectivity index (χ3n) is 0.993. The summed E-state index contributed by atoms with van der Waals surface area (Å²) in [6.07, 6.45) is 2.64. The van der Waals surface area contributed by atoms with Crippen LogP contribution in [0.5, 0.6) is 0 Å².